The molecule has 1 saturated carbocycles. The highest BCUT2D eigenvalue weighted by molar-refractivity contribution is 6.07. The number of hydrogen-bond donors (Lipinski definition) is 0. The van der Waals surface area contributed by atoms with Crippen LogP contribution in [0.3, 0.4) is 0 Å². The van der Waals surface area contributed by atoms with Gasteiger partial charge in [0, 0.05) is 16.9 Å². The monoisotopic (exact) mass is 248 g/mol. The molecule has 2 aliphatic carbocycles. The molecule has 0 heterocycles. The van der Waals surface area contributed by atoms with Gasteiger partial charge in [-0.1, -0.05) is 54.6 Å². The zero-order chi connectivity index (χ0) is 12.9. The number of fused-ring (bicyclic) bond motifs is 3. The van der Waals surface area contributed by atoms with E-state index >= 15 is 0 Å². The lowest BCUT2D eigenvalue weighted by Crippen LogP contribution is -2.08. The van der Waals surface area contributed by atoms with E-state index in [2.05, 4.69) is 42.5 Å². The first kappa shape index (κ1) is 11.0. The summed E-state index contributed by atoms with van der Waals surface area (Å²) in [6.45, 7) is 0. The first-order valence-electron chi connectivity index (χ1n) is 6.99. The second kappa shape index (κ2) is 3.80. The maximum Gasteiger partial charge on any atom is 0.167 e. The molecule has 0 bridgehead atoms. The fourth-order valence-corrected chi connectivity index (χ4v) is 3.69. The third-order valence-corrected chi connectivity index (χ3v) is 4.82. The van der Waals surface area contributed by atoms with Crippen LogP contribution in [0, 0.1) is 5.92 Å². The number of benzene rings is 2. The highest BCUT2D eigenvalue weighted by Gasteiger charge is 2.63. The predicted molar refractivity (Wildman–Crippen MR) is 75.3 cm³/mol. The Labute approximate surface area is 113 Å². The fourth-order valence-electron chi connectivity index (χ4n) is 3.69. The van der Waals surface area contributed by atoms with Crippen LogP contribution in [-0.4, -0.2) is 5.78 Å². The molecule has 0 N–H and O–H groups in total. The molecule has 0 aromatic heterocycles. The Morgan fingerprint density at radius 3 is 2.58 bits per heavy atom. The van der Waals surface area contributed by atoms with E-state index in [1.54, 1.807) is 0 Å². The molecule has 94 valence electrons. The van der Waals surface area contributed by atoms with Crippen molar-refractivity contribution in [2.24, 2.45) is 5.92 Å². The van der Waals surface area contributed by atoms with Crippen LogP contribution in [0.1, 0.15) is 34.3 Å². The van der Waals surface area contributed by atoms with Gasteiger partial charge in [-0.25, -0.2) is 0 Å². The Hall–Kier alpha value is -1.89. The van der Waals surface area contributed by atoms with E-state index in [-0.39, 0.29) is 11.3 Å². The van der Waals surface area contributed by atoms with Crippen LogP contribution in [0.25, 0.3) is 0 Å². The second-order valence-corrected chi connectivity index (χ2v) is 5.81. The molecule has 0 aliphatic heterocycles. The first-order chi connectivity index (χ1) is 9.31. The number of carbonyl (C=O) groups is 1. The zero-order valence-corrected chi connectivity index (χ0v) is 10.8. The van der Waals surface area contributed by atoms with Crippen molar-refractivity contribution in [1.29, 1.82) is 0 Å². The van der Waals surface area contributed by atoms with E-state index in [1.165, 1.54) is 11.1 Å². The summed E-state index contributed by atoms with van der Waals surface area (Å²) in [7, 11) is 0. The maximum atomic E-state index is 12.3. The van der Waals surface area contributed by atoms with Crippen molar-refractivity contribution < 1.29 is 4.79 Å². The van der Waals surface area contributed by atoms with Crippen molar-refractivity contribution in [2.45, 2.75) is 24.7 Å². The average molecular weight is 248 g/mol. The van der Waals surface area contributed by atoms with E-state index in [9.17, 15) is 4.79 Å². The van der Waals surface area contributed by atoms with Crippen LogP contribution >= 0.6 is 0 Å². The van der Waals surface area contributed by atoms with E-state index in [0.29, 0.717) is 5.78 Å². The van der Waals surface area contributed by atoms with Crippen LogP contribution in [0.4, 0.5) is 0 Å². The molecule has 2 aromatic carbocycles. The predicted octanol–water partition coefficient (Wildman–Crippen LogP) is 3.77. The van der Waals surface area contributed by atoms with Crippen molar-refractivity contribution in [2.75, 3.05) is 0 Å². The summed E-state index contributed by atoms with van der Waals surface area (Å²) in [6.07, 6.45) is 3.24. The topological polar surface area (TPSA) is 17.1 Å². The molecular weight excluding hydrogens is 232 g/mol. The Kier molecular flexibility index (Phi) is 2.20. The minimum absolute atomic E-state index is 0.170. The van der Waals surface area contributed by atoms with Crippen molar-refractivity contribution in [3.05, 3.63) is 71.3 Å². The summed E-state index contributed by atoms with van der Waals surface area (Å²) in [5.41, 5.74) is 3.83. The summed E-state index contributed by atoms with van der Waals surface area (Å²) in [4.78, 5) is 12.3. The summed E-state index contributed by atoms with van der Waals surface area (Å²) >= 11 is 0. The standard InChI is InChI=1S/C18H16O/c19-17-14-8-4-5-9-15(14)18(12-16(17)18)11-10-13-6-2-1-3-7-13/h1-9,16H,10-12H2/t16-,18+/m0/s1. The quantitative estimate of drug-likeness (QED) is 0.808. The van der Waals surface area contributed by atoms with Crippen LogP contribution in [0.15, 0.2) is 54.6 Å². The van der Waals surface area contributed by atoms with Gasteiger partial charge in [0.1, 0.15) is 0 Å². The van der Waals surface area contributed by atoms with Gasteiger partial charge in [0.25, 0.3) is 0 Å². The van der Waals surface area contributed by atoms with Gasteiger partial charge in [-0.15, -0.1) is 0 Å². The van der Waals surface area contributed by atoms with Gasteiger partial charge in [-0.3, -0.25) is 4.79 Å². The number of carbonyl (C=O) groups excluding carboxylic acids is 1. The molecular formula is C18H16O. The molecule has 1 heteroatoms. The number of hydrogen-bond acceptors (Lipinski definition) is 1. The number of Topliss-reactive ketones (excluding diaryl/α,β-unsaturated/α-hetero) is 1. The largest absolute Gasteiger partial charge is 0.294 e. The van der Waals surface area contributed by atoms with E-state index < -0.39 is 0 Å². The summed E-state index contributed by atoms with van der Waals surface area (Å²) < 4.78 is 0. The molecule has 2 aromatic rings. The molecule has 4 rings (SSSR count). The van der Waals surface area contributed by atoms with Gasteiger partial charge < -0.3 is 0 Å². The number of ketones is 1. The first-order valence-corrected chi connectivity index (χ1v) is 6.99. The lowest BCUT2D eigenvalue weighted by atomic mass is 9.89. The third-order valence-electron chi connectivity index (χ3n) is 4.82. The highest BCUT2D eigenvalue weighted by atomic mass is 16.1. The Bertz CT molecular complexity index is 644. The van der Waals surface area contributed by atoms with Crippen LogP contribution in [0.5, 0.6) is 0 Å². The average Bonchev–Trinajstić information content (AvgIpc) is 3.16. The van der Waals surface area contributed by atoms with Crippen LogP contribution in [-0.2, 0) is 11.8 Å². The Morgan fingerprint density at radius 2 is 1.74 bits per heavy atom. The van der Waals surface area contributed by atoms with E-state index in [1.807, 2.05) is 12.1 Å². The lowest BCUT2D eigenvalue weighted by Gasteiger charge is -2.14. The van der Waals surface area contributed by atoms with Crippen molar-refractivity contribution in [1.82, 2.24) is 0 Å². The van der Waals surface area contributed by atoms with Crippen LogP contribution in [0.2, 0.25) is 0 Å². The molecule has 1 fully saturated rings. The molecule has 0 radical (unpaired) electrons. The van der Waals surface area contributed by atoms with E-state index in [0.717, 1.165) is 24.8 Å². The van der Waals surface area contributed by atoms with Crippen molar-refractivity contribution in [3.63, 3.8) is 0 Å². The van der Waals surface area contributed by atoms with E-state index in [4.69, 9.17) is 0 Å². The normalized spacial score (nSPS) is 26.9. The molecule has 19 heavy (non-hydrogen) atoms. The van der Waals surface area contributed by atoms with Gasteiger partial charge in [0.2, 0.25) is 0 Å². The van der Waals surface area contributed by atoms with Gasteiger partial charge in [0.05, 0.1) is 0 Å². The van der Waals surface area contributed by atoms with Gasteiger partial charge >= 0.3 is 0 Å². The molecule has 2 aliphatic rings. The van der Waals surface area contributed by atoms with Crippen molar-refractivity contribution in [3.8, 4) is 0 Å². The lowest BCUT2D eigenvalue weighted by molar-refractivity contribution is 0.0970. The molecule has 2 atom stereocenters. The SMILES string of the molecule is O=C1c2ccccc2[C@@]2(CCc3ccccc3)C[C@@H]12. The van der Waals surface area contributed by atoms with Crippen molar-refractivity contribution >= 4 is 5.78 Å². The number of rotatable bonds is 3. The fraction of sp³-hybridized carbons (Fsp3) is 0.278. The molecule has 0 amide bonds. The smallest absolute Gasteiger partial charge is 0.167 e. The number of aryl methyl sites for hydroxylation is 1. The Balaban J connectivity index is 1.62. The molecule has 0 saturated heterocycles. The van der Waals surface area contributed by atoms with Crippen LogP contribution < -0.4 is 0 Å². The highest BCUT2D eigenvalue weighted by Crippen LogP contribution is 2.63. The second-order valence-electron chi connectivity index (χ2n) is 5.81. The van der Waals surface area contributed by atoms with Gasteiger partial charge in [0.15, 0.2) is 5.78 Å². The van der Waals surface area contributed by atoms with Gasteiger partial charge in [-0.2, -0.15) is 0 Å². The Morgan fingerprint density at radius 1 is 1.00 bits per heavy atom. The molecule has 0 unspecified atom stereocenters. The summed E-state index contributed by atoms with van der Waals surface area (Å²) in [5, 5.41) is 0. The summed E-state index contributed by atoms with van der Waals surface area (Å²) in [5.74, 6) is 0.650. The zero-order valence-electron chi connectivity index (χ0n) is 10.8. The maximum absolute atomic E-state index is 12.3. The molecule has 0 spiro atoms. The third kappa shape index (κ3) is 1.51. The molecule has 1 nitrogen and oxygen atoms in total. The minimum atomic E-state index is 0.170. The van der Waals surface area contributed by atoms with Gasteiger partial charge in [-0.05, 0) is 30.4 Å². The minimum Gasteiger partial charge on any atom is -0.294 e. The summed E-state index contributed by atoms with van der Waals surface area (Å²) in [6, 6.07) is 18.8.